The summed E-state index contributed by atoms with van der Waals surface area (Å²) in [6, 6.07) is 0. The van der Waals surface area contributed by atoms with E-state index in [1.165, 1.54) is 0 Å². The Hall–Kier alpha value is -0.910. The summed E-state index contributed by atoms with van der Waals surface area (Å²) >= 11 is 0. The van der Waals surface area contributed by atoms with Crippen molar-refractivity contribution < 1.29 is 4.74 Å². The summed E-state index contributed by atoms with van der Waals surface area (Å²) in [5.41, 5.74) is 0. The Balaban J connectivity index is 2.00. The van der Waals surface area contributed by atoms with Gasteiger partial charge in [-0.1, -0.05) is 0 Å². The highest BCUT2D eigenvalue weighted by Crippen LogP contribution is 1.98. The lowest BCUT2D eigenvalue weighted by molar-refractivity contribution is 0.144. The first kappa shape index (κ1) is 15.1. The quantitative estimate of drug-likeness (QED) is 0.629. The number of likely N-dealkylation sites (N-methyl/N-ethyl adjacent to an activating group) is 1. The number of nitrogens with zero attached hydrogens (tertiary/aromatic N) is 3. The van der Waals surface area contributed by atoms with Crippen LogP contribution in [0.3, 0.4) is 0 Å². The molecule has 1 aromatic rings. The van der Waals surface area contributed by atoms with E-state index in [1.807, 2.05) is 26.4 Å². The van der Waals surface area contributed by atoms with Crippen molar-refractivity contribution in [1.82, 2.24) is 19.8 Å². The molecular weight excluding hydrogens is 228 g/mol. The van der Waals surface area contributed by atoms with Crippen LogP contribution in [0.15, 0.2) is 12.4 Å². The zero-order valence-corrected chi connectivity index (χ0v) is 11.9. The molecule has 0 spiro atoms. The van der Waals surface area contributed by atoms with E-state index in [9.17, 15) is 0 Å². The minimum absolute atomic E-state index is 0.812. The van der Waals surface area contributed by atoms with Crippen LogP contribution in [0.2, 0.25) is 0 Å². The highest BCUT2D eigenvalue weighted by Gasteiger charge is 2.03. The summed E-state index contributed by atoms with van der Waals surface area (Å²) in [4.78, 5) is 6.59. The van der Waals surface area contributed by atoms with E-state index in [2.05, 4.69) is 26.8 Å². The van der Waals surface area contributed by atoms with Crippen LogP contribution in [-0.2, 0) is 18.3 Å². The molecule has 5 nitrogen and oxygen atoms in total. The molecule has 1 rings (SSSR count). The molecule has 0 aromatic carbocycles. The van der Waals surface area contributed by atoms with Gasteiger partial charge in [0.25, 0.3) is 0 Å². The molecule has 0 aliphatic carbocycles. The van der Waals surface area contributed by atoms with Gasteiger partial charge in [-0.15, -0.1) is 0 Å². The summed E-state index contributed by atoms with van der Waals surface area (Å²) in [6.07, 6.45) is 4.90. The second-order valence-corrected chi connectivity index (χ2v) is 4.49. The largest absolute Gasteiger partial charge is 0.382 e. The predicted octanol–water partition coefficient (Wildman–Crippen LogP) is 0.868. The third-order valence-electron chi connectivity index (χ3n) is 2.85. The summed E-state index contributed by atoms with van der Waals surface area (Å²) in [7, 11) is 4.15. The molecule has 0 aliphatic rings. The van der Waals surface area contributed by atoms with E-state index in [1.54, 1.807) is 0 Å². The topological polar surface area (TPSA) is 42.3 Å². The maximum atomic E-state index is 5.28. The molecule has 5 heteroatoms. The van der Waals surface area contributed by atoms with E-state index >= 15 is 0 Å². The van der Waals surface area contributed by atoms with Crippen molar-refractivity contribution in [1.29, 1.82) is 0 Å². The first-order valence-electron chi connectivity index (χ1n) is 6.67. The summed E-state index contributed by atoms with van der Waals surface area (Å²) in [5, 5.41) is 3.42. The fourth-order valence-electron chi connectivity index (χ4n) is 1.71. The Morgan fingerprint density at radius 1 is 1.44 bits per heavy atom. The van der Waals surface area contributed by atoms with Crippen LogP contribution >= 0.6 is 0 Å². The zero-order chi connectivity index (χ0) is 13.2. The SMILES string of the molecule is CCOCCCNCCN(C)Cc1nccn1C. The van der Waals surface area contributed by atoms with E-state index in [4.69, 9.17) is 4.74 Å². The molecule has 0 radical (unpaired) electrons. The molecule has 1 aromatic heterocycles. The number of imidazole rings is 1. The molecule has 104 valence electrons. The molecule has 0 amide bonds. The molecule has 0 aliphatic heterocycles. The first-order valence-corrected chi connectivity index (χ1v) is 6.67. The van der Waals surface area contributed by atoms with Gasteiger partial charge < -0.3 is 14.6 Å². The Morgan fingerprint density at radius 2 is 2.28 bits per heavy atom. The van der Waals surface area contributed by atoms with E-state index in [-0.39, 0.29) is 0 Å². The number of aromatic nitrogens is 2. The highest BCUT2D eigenvalue weighted by molar-refractivity contribution is 4.90. The van der Waals surface area contributed by atoms with Crippen LogP contribution in [0, 0.1) is 0 Å². The monoisotopic (exact) mass is 254 g/mol. The van der Waals surface area contributed by atoms with Crippen LogP contribution in [0.25, 0.3) is 0 Å². The van der Waals surface area contributed by atoms with Gasteiger partial charge in [0.2, 0.25) is 0 Å². The predicted molar refractivity (Wildman–Crippen MR) is 73.5 cm³/mol. The molecule has 0 unspecified atom stereocenters. The minimum Gasteiger partial charge on any atom is -0.382 e. The van der Waals surface area contributed by atoms with Gasteiger partial charge in [-0.2, -0.15) is 0 Å². The number of ether oxygens (including phenoxy) is 1. The molecule has 1 N–H and O–H groups in total. The lowest BCUT2D eigenvalue weighted by Gasteiger charge is -2.16. The van der Waals surface area contributed by atoms with Gasteiger partial charge in [-0.05, 0) is 26.9 Å². The molecular formula is C13H26N4O. The van der Waals surface area contributed by atoms with Crippen LogP contribution in [0.5, 0.6) is 0 Å². The highest BCUT2D eigenvalue weighted by atomic mass is 16.5. The lowest BCUT2D eigenvalue weighted by Crippen LogP contribution is -2.30. The van der Waals surface area contributed by atoms with Gasteiger partial charge in [-0.25, -0.2) is 4.98 Å². The van der Waals surface area contributed by atoms with Crippen molar-refractivity contribution >= 4 is 0 Å². The van der Waals surface area contributed by atoms with Gasteiger partial charge in [-0.3, -0.25) is 4.90 Å². The molecule has 0 saturated carbocycles. The molecule has 18 heavy (non-hydrogen) atoms. The summed E-state index contributed by atoms with van der Waals surface area (Å²) in [6.45, 7) is 7.65. The Bertz CT molecular complexity index is 314. The number of nitrogens with one attached hydrogen (secondary N) is 1. The Kier molecular flexibility index (Phi) is 7.64. The van der Waals surface area contributed by atoms with Crippen molar-refractivity contribution in [2.45, 2.75) is 19.9 Å². The van der Waals surface area contributed by atoms with Gasteiger partial charge in [0, 0.05) is 45.7 Å². The normalized spacial score (nSPS) is 11.3. The zero-order valence-electron chi connectivity index (χ0n) is 11.9. The maximum absolute atomic E-state index is 5.28. The summed E-state index contributed by atoms with van der Waals surface area (Å²) in [5.74, 6) is 1.11. The molecule has 0 saturated heterocycles. The van der Waals surface area contributed by atoms with Gasteiger partial charge in [0.05, 0.1) is 6.54 Å². The molecule has 0 fully saturated rings. The van der Waals surface area contributed by atoms with Crippen LogP contribution in [-0.4, -0.2) is 54.3 Å². The van der Waals surface area contributed by atoms with E-state index < -0.39 is 0 Å². The third-order valence-corrected chi connectivity index (χ3v) is 2.85. The second-order valence-electron chi connectivity index (χ2n) is 4.49. The average Bonchev–Trinajstić information content (AvgIpc) is 2.74. The van der Waals surface area contributed by atoms with Crippen LogP contribution in [0.4, 0.5) is 0 Å². The number of hydrogen-bond donors (Lipinski definition) is 1. The lowest BCUT2D eigenvalue weighted by atomic mass is 10.4. The summed E-state index contributed by atoms with van der Waals surface area (Å²) < 4.78 is 7.34. The fraction of sp³-hybridized carbons (Fsp3) is 0.769. The maximum Gasteiger partial charge on any atom is 0.122 e. The number of rotatable bonds is 10. The minimum atomic E-state index is 0.812. The number of aryl methyl sites for hydroxylation is 1. The van der Waals surface area contributed by atoms with Gasteiger partial charge in [0.15, 0.2) is 0 Å². The van der Waals surface area contributed by atoms with Crippen molar-refractivity contribution in [3.8, 4) is 0 Å². The Labute approximate surface area is 110 Å². The van der Waals surface area contributed by atoms with Crippen molar-refractivity contribution in [3.05, 3.63) is 18.2 Å². The molecule has 0 atom stereocenters. The first-order chi connectivity index (χ1) is 8.74. The smallest absolute Gasteiger partial charge is 0.122 e. The molecule has 0 bridgehead atoms. The van der Waals surface area contributed by atoms with Crippen LogP contribution in [0.1, 0.15) is 19.2 Å². The van der Waals surface area contributed by atoms with E-state index in [0.29, 0.717) is 0 Å². The Morgan fingerprint density at radius 3 is 2.94 bits per heavy atom. The average molecular weight is 254 g/mol. The van der Waals surface area contributed by atoms with Crippen molar-refractivity contribution in [2.24, 2.45) is 7.05 Å². The standard InChI is InChI=1S/C13H26N4O/c1-4-18-11-5-6-14-7-9-16(2)12-13-15-8-10-17(13)3/h8,10,14H,4-7,9,11-12H2,1-3H3. The fourth-order valence-corrected chi connectivity index (χ4v) is 1.71. The van der Waals surface area contributed by atoms with Crippen molar-refractivity contribution in [2.75, 3.05) is 39.9 Å². The molecule has 1 heterocycles. The van der Waals surface area contributed by atoms with Gasteiger partial charge >= 0.3 is 0 Å². The third kappa shape index (κ3) is 6.14. The number of hydrogen-bond acceptors (Lipinski definition) is 4. The van der Waals surface area contributed by atoms with E-state index in [0.717, 1.165) is 51.6 Å². The van der Waals surface area contributed by atoms with Gasteiger partial charge in [0.1, 0.15) is 5.82 Å². The van der Waals surface area contributed by atoms with Crippen molar-refractivity contribution in [3.63, 3.8) is 0 Å². The second kappa shape index (κ2) is 9.08. The van der Waals surface area contributed by atoms with Crippen LogP contribution < -0.4 is 5.32 Å².